The molecule has 0 radical (unpaired) electrons. The second-order valence-electron chi connectivity index (χ2n) is 11.4. The van der Waals surface area contributed by atoms with Crippen LogP contribution in [0.1, 0.15) is 62.1 Å². The summed E-state index contributed by atoms with van der Waals surface area (Å²) in [5.41, 5.74) is -0.498. The van der Waals surface area contributed by atoms with E-state index in [1.165, 1.54) is 53.4 Å². The first-order chi connectivity index (χ1) is 21.7. The molecule has 1 atom stereocenters. The van der Waals surface area contributed by atoms with Crippen molar-refractivity contribution in [3.05, 3.63) is 94.3 Å². The van der Waals surface area contributed by atoms with Gasteiger partial charge >= 0.3 is 6.18 Å². The number of carbonyl (C=O) groups excluding carboxylic acids is 2. The first-order valence-corrected chi connectivity index (χ1v) is 16.8. The molecule has 0 aliphatic heterocycles. The molecule has 1 aliphatic rings. The van der Waals surface area contributed by atoms with Crippen LogP contribution in [-0.4, -0.2) is 43.8 Å². The number of halogens is 5. The molecule has 248 valence electrons. The fraction of sp³-hybridized carbons (Fsp3) is 0.394. The summed E-state index contributed by atoms with van der Waals surface area (Å²) in [5.74, 6) is -1.78. The summed E-state index contributed by atoms with van der Waals surface area (Å²) in [5, 5.41) is 2.37. The van der Waals surface area contributed by atoms with Gasteiger partial charge in [0.1, 0.15) is 18.4 Å². The van der Waals surface area contributed by atoms with Crippen molar-refractivity contribution in [2.45, 2.75) is 82.1 Å². The van der Waals surface area contributed by atoms with Crippen molar-refractivity contribution in [3.63, 3.8) is 0 Å². The van der Waals surface area contributed by atoms with Gasteiger partial charge in [-0.2, -0.15) is 13.2 Å². The van der Waals surface area contributed by atoms with Crippen molar-refractivity contribution in [1.29, 1.82) is 0 Å². The highest BCUT2D eigenvalue weighted by atomic mass is 35.5. The fourth-order valence-corrected chi connectivity index (χ4v) is 7.13. The number of sulfonamides is 1. The molecule has 7 nitrogen and oxygen atoms in total. The lowest BCUT2D eigenvalue weighted by atomic mass is 9.95. The maximum atomic E-state index is 14.2. The zero-order valence-electron chi connectivity index (χ0n) is 25.5. The second-order valence-corrected chi connectivity index (χ2v) is 13.7. The van der Waals surface area contributed by atoms with E-state index in [1.807, 2.05) is 0 Å². The van der Waals surface area contributed by atoms with E-state index in [1.54, 1.807) is 13.8 Å². The monoisotopic (exact) mass is 681 g/mol. The summed E-state index contributed by atoms with van der Waals surface area (Å²) in [6.07, 6.45) is -0.210. The minimum atomic E-state index is -4.91. The van der Waals surface area contributed by atoms with E-state index in [4.69, 9.17) is 11.6 Å². The molecule has 2 amide bonds. The Morgan fingerprint density at radius 3 is 2.20 bits per heavy atom. The molecular formula is C33H36ClF4N3O4S. The van der Waals surface area contributed by atoms with Crippen LogP contribution in [0.15, 0.2) is 71.6 Å². The number of anilines is 1. The summed E-state index contributed by atoms with van der Waals surface area (Å²) in [7, 11) is -4.60. The Morgan fingerprint density at radius 2 is 1.61 bits per heavy atom. The number of nitrogens with one attached hydrogen (secondary N) is 1. The van der Waals surface area contributed by atoms with Gasteiger partial charge < -0.3 is 10.2 Å². The fourth-order valence-electron chi connectivity index (χ4n) is 5.50. The van der Waals surface area contributed by atoms with E-state index >= 15 is 0 Å². The van der Waals surface area contributed by atoms with E-state index < -0.39 is 62.7 Å². The van der Waals surface area contributed by atoms with Crippen LogP contribution in [0.4, 0.5) is 23.2 Å². The predicted molar refractivity (Wildman–Crippen MR) is 168 cm³/mol. The Bertz CT molecular complexity index is 1630. The summed E-state index contributed by atoms with van der Waals surface area (Å²) in [4.78, 5) is 28.7. The molecule has 3 aromatic carbocycles. The molecule has 1 saturated carbocycles. The SMILES string of the molecule is CCC(C(=O)NC1CCCCC1)N(Cc1ccc(F)cc1)C(=O)CN(c1ccc(Cl)c(C(F)(F)F)c1)S(=O)(=O)c1ccc(C)cc1. The van der Waals surface area contributed by atoms with E-state index in [-0.39, 0.29) is 23.9 Å². The number of hydrogen-bond acceptors (Lipinski definition) is 4. The number of nitrogens with zero attached hydrogens (tertiary/aromatic N) is 2. The van der Waals surface area contributed by atoms with Gasteiger partial charge in [0, 0.05) is 12.6 Å². The molecule has 13 heteroatoms. The Hall–Kier alpha value is -3.64. The van der Waals surface area contributed by atoms with Crippen molar-refractivity contribution in [2.75, 3.05) is 10.8 Å². The average molecular weight is 682 g/mol. The minimum Gasteiger partial charge on any atom is -0.352 e. The number of aryl methyl sites for hydroxylation is 1. The van der Waals surface area contributed by atoms with Crippen LogP contribution in [0.3, 0.4) is 0 Å². The number of benzene rings is 3. The van der Waals surface area contributed by atoms with E-state index in [9.17, 15) is 35.6 Å². The third kappa shape index (κ3) is 8.58. The van der Waals surface area contributed by atoms with E-state index in [2.05, 4.69) is 5.32 Å². The van der Waals surface area contributed by atoms with Crippen LogP contribution in [-0.2, 0) is 32.3 Å². The second kappa shape index (κ2) is 14.8. The van der Waals surface area contributed by atoms with Gasteiger partial charge in [-0.05, 0) is 74.2 Å². The average Bonchev–Trinajstić information content (AvgIpc) is 3.01. The van der Waals surface area contributed by atoms with Gasteiger partial charge in [-0.15, -0.1) is 0 Å². The smallest absolute Gasteiger partial charge is 0.352 e. The van der Waals surface area contributed by atoms with Crippen LogP contribution in [0, 0.1) is 12.7 Å². The highest BCUT2D eigenvalue weighted by Crippen LogP contribution is 2.38. The Labute approximate surface area is 271 Å². The summed E-state index contributed by atoms with van der Waals surface area (Å²) < 4.78 is 83.9. The molecule has 0 saturated heterocycles. The van der Waals surface area contributed by atoms with Gasteiger partial charge in [0.25, 0.3) is 10.0 Å². The normalized spacial score (nSPS) is 14.8. The molecule has 0 aromatic heterocycles. The van der Waals surface area contributed by atoms with Gasteiger partial charge in [0.2, 0.25) is 11.8 Å². The Balaban J connectivity index is 1.77. The highest BCUT2D eigenvalue weighted by molar-refractivity contribution is 7.92. The molecule has 1 aliphatic carbocycles. The molecule has 1 N–H and O–H groups in total. The lowest BCUT2D eigenvalue weighted by Crippen LogP contribution is -2.54. The lowest BCUT2D eigenvalue weighted by molar-refractivity contribution is -0.140. The van der Waals surface area contributed by atoms with E-state index in [0.717, 1.165) is 49.8 Å². The van der Waals surface area contributed by atoms with Crippen LogP contribution in [0.25, 0.3) is 0 Å². The maximum Gasteiger partial charge on any atom is 0.417 e. The topological polar surface area (TPSA) is 86.8 Å². The number of carbonyl (C=O) groups is 2. The molecule has 4 rings (SSSR count). The van der Waals surface area contributed by atoms with Crippen molar-refractivity contribution in [2.24, 2.45) is 0 Å². The van der Waals surface area contributed by atoms with Crippen LogP contribution in [0.5, 0.6) is 0 Å². The zero-order chi connectivity index (χ0) is 33.6. The van der Waals surface area contributed by atoms with Gasteiger partial charge in [-0.25, -0.2) is 12.8 Å². The summed E-state index contributed by atoms with van der Waals surface area (Å²) in [6, 6.07) is 12.4. The zero-order valence-corrected chi connectivity index (χ0v) is 27.1. The third-order valence-electron chi connectivity index (χ3n) is 8.03. The number of rotatable bonds is 11. The largest absolute Gasteiger partial charge is 0.417 e. The molecule has 0 bridgehead atoms. The molecule has 0 spiro atoms. The predicted octanol–water partition coefficient (Wildman–Crippen LogP) is 7.26. The minimum absolute atomic E-state index is 0.0775. The van der Waals surface area contributed by atoms with Gasteiger partial charge in [-0.3, -0.25) is 13.9 Å². The van der Waals surface area contributed by atoms with Gasteiger partial charge in [0.15, 0.2) is 0 Å². The van der Waals surface area contributed by atoms with Crippen LogP contribution < -0.4 is 9.62 Å². The molecule has 46 heavy (non-hydrogen) atoms. The van der Waals surface area contributed by atoms with Gasteiger partial charge in [-0.1, -0.05) is 67.6 Å². The molecule has 3 aromatic rings. The summed E-state index contributed by atoms with van der Waals surface area (Å²) >= 11 is 5.83. The van der Waals surface area contributed by atoms with E-state index in [0.29, 0.717) is 15.9 Å². The quantitative estimate of drug-likeness (QED) is 0.216. The third-order valence-corrected chi connectivity index (χ3v) is 10.2. The molecule has 1 unspecified atom stereocenters. The molecule has 1 fully saturated rings. The first kappa shape index (κ1) is 35.2. The van der Waals surface area contributed by atoms with Crippen molar-refractivity contribution in [3.8, 4) is 0 Å². The number of hydrogen-bond donors (Lipinski definition) is 1. The van der Waals surface area contributed by atoms with Crippen LogP contribution in [0.2, 0.25) is 5.02 Å². The lowest BCUT2D eigenvalue weighted by Gasteiger charge is -2.34. The van der Waals surface area contributed by atoms with Crippen LogP contribution >= 0.6 is 11.6 Å². The standard InChI is InChI=1S/C33H36ClF4N3O4S/c1-3-30(32(43)39-25-7-5-4-6-8-25)40(20-23-11-13-24(35)14-12-23)31(42)21-41(46(44,45)27-16-9-22(2)10-17-27)26-15-18-29(34)28(19-26)33(36,37)38/h9-19,25,30H,3-8,20-21H2,1-2H3,(H,39,43). The summed E-state index contributed by atoms with van der Waals surface area (Å²) in [6.45, 7) is 2.33. The number of amides is 2. The first-order valence-electron chi connectivity index (χ1n) is 15.0. The maximum absolute atomic E-state index is 14.2. The van der Waals surface area contributed by atoms with Crippen molar-refractivity contribution < 1.29 is 35.6 Å². The highest BCUT2D eigenvalue weighted by Gasteiger charge is 2.37. The van der Waals surface area contributed by atoms with Gasteiger partial charge in [0.05, 0.1) is 21.2 Å². The molecular weight excluding hydrogens is 646 g/mol. The Morgan fingerprint density at radius 1 is 0.978 bits per heavy atom. The Kier molecular flexibility index (Phi) is 11.4. The van der Waals surface area contributed by atoms with Crippen molar-refractivity contribution in [1.82, 2.24) is 10.2 Å². The number of alkyl halides is 3. The molecule has 0 heterocycles. The van der Waals surface area contributed by atoms with Crippen molar-refractivity contribution >= 4 is 39.1 Å².